The Hall–Kier alpha value is -4.84. The summed E-state index contributed by atoms with van der Waals surface area (Å²) in [6.45, 7) is 3.01. The molecule has 6 amide bonds. The molecule has 0 aromatic heterocycles. The van der Waals surface area contributed by atoms with Gasteiger partial charge in [0.25, 0.3) is 23.6 Å². The number of azide groups is 2. The molecule has 0 bridgehead atoms. The topological polar surface area (TPSA) is 267 Å². The minimum Gasteiger partial charge on any atom is -0.381 e. The first kappa shape index (κ1) is 42.3. The highest BCUT2D eigenvalue weighted by Crippen LogP contribution is 2.21. The summed E-state index contributed by atoms with van der Waals surface area (Å²) < 4.78 is 23.8. The zero-order valence-electron chi connectivity index (χ0n) is 28.6. The van der Waals surface area contributed by atoms with Crippen LogP contribution < -0.4 is 10.6 Å². The van der Waals surface area contributed by atoms with Crippen LogP contribution in [0, 0.1) is 5.41 Å². The maximum absolute atomic E-state index is 12.2. The van der Waals surface area contributed by atoms with Gasteiger partial charge in [0.2, 0.25) is 11.8 Å². The molecule has 0 saturated carbocycles. The number of imide groups is 2. The molecule has 0 spiro atoms. The lowest BCUT2D eigenvalue weighted by Crippen LogP contribution is -2.42. The lowest BCUT2D eigenvalue weighted by Gasteiger charge is -2.33. The first-order valence-electron chi connectivity index (χ1n) is 16.6. The molecule has 2 rings (SSSR count). The minimum atomic E-state index is -0.769. The van der Waals surface area contributed by atoms with Crippen molar-refractivity contribution >= 4 is 35.4 Å². The van der Waals surface area contributed by atoms with Crippen molar-refractivity contribution < 1.29 is 47.7 Å². The second-order valence-corrected chi connectivity index (χ2v) is 11.6. The maximum atomic E-state index is 12.2. The summed E-state index contributed by atoms with van der Waals surface area (Å²) >= 11 is 0. The summed E-state index contributed by atoms with van der Waals surface area (Å²) in [7, 11) is 0. The summed E-state index contributed by atoms with van der Waals surface area (Å²) in [5.74, 6) is -2.39. The van der Waals surface area contributed by atoms with E-state index in [2.05, 4.69) is 30.7 Å². The number of nitrogens with zero attached hydrogens (tertiary/aromatic N) is 8. The van der Waals surface area contributed by atoms with E-state index in [1.54, 1.807) is 0 Å². The molecule has 20 nitrogen and oxygen atoms in total. The summed E-state index contributed by atoms with van der Waals surface area (Å²) in [6, 6.07) is 0. The fourth-order valence-corrected chi connectivity index (χ4v) is 4.68. The van der Waals surface area contributed by atoms with E-state index in [0.29, 0.717) is 52.0 Å². The first-order valence-corrected chi connectivity index (χ1v) is 16.6. The Morgan fingerprint density at radius 3 is 1.27 bits per heavy atom. The maximum Gasteiger partial charge on any atom is 0.253 e. The summed E-state index contributed by atoms with van der Waals surface area (Å²) in [4.78, 5) is 78.5. The van der Waals surface area contributed by atoms with Crippen molar-refractivity contribution in [3.05, 3.63) is 45.2 Å². The van der Waals surface area contributed by atoms with Crippen molar-refractivity contribution in [3.63, 3.8) is 0 Å². The monoisotopic (exact) mass is 718 g/mol. The predicted octanol–water partition coefficient (Wildman–Crippen LogP) is 1.08. The zero-order chi connectivity index (χ0) is 37.2. The normalized spacial score (nSPS) is 13.9. The van der Waals surface area contributed by atoms with Crippen molar-refractivity contribution in [2.45, 2.75) is 38.5 Å². The highest BCUT2D eigenvalue weighted by Gasteiger charge is 2.33. The Morgan fingerprint density at radius 1 is 0.608 bits per heavy atom. The molecule has 0 aromatic rings. The van der Waals surface area contributed by atoms with Gasteiger partial charge in [-0.25, -0.2) is 0 Å². The fraction of sp³-hybridized carbons (Fsp3) is 0.677. The number of carbonyl (C=O) groups excluding carboxylic acids is 6. The molecule has 0 unspecified atom stereocenters. The Labute approximate surface area is 295 Å². The number of amides is 6. The van der Waals surface area contributed by atoms with Gasteiger partial charge in [0.05, 0.1) is 31.8 Å². The molecule has 2 N–H and O–H groups in total. The quantitative estimate of drug-likeness (QED) is 0.0351. The van der Waals surface area contributed by atoms with Gasteiger partial charge in [-0.15, -0.1) is 0 Å². The van der Waals surface area contributed by atoms with E-state index in [0.717, 1.165) is 9.80 Å². The molecule has 0 aromatic carbocycles. The molecular weight excluding hydrogens is 672 g/mol. The molecule has 0 atom stereocenters. The van der Waals surface area contributed by atoms with Crippen LogP contribution in [0.4, 0.5) is 0 Å². The van der Waals surface area contributed by atoms with Gasteiger partial charge < -0.3 is 29.6 Å². The summed E-state index contributed by atoms with van der Waals surface area (Å²) in [5, 5.41) is 12.5. The fourth-order valence-electron chi connectivity index (χ4n) is 4.68. The van der Waals surface area contributed by atoms with Crippen LogP contribution in [-0.2, 0) is 47.7 Å². The van der Waals surface area contributed by atoms with Crippen LogP contribution in [0.2, 0.25) is 0 Å². The molecule has 0 radical (unpaired) electrons. The van der Waals surface area contributed by atoms with Gasteiger partial charge in [-0.2, -0.15) is 0 Å². The van der Waals surface area contributed by atoms with Crippen molar-refractivity contribution in [1.82, 2.24) is 20.4 Å². The second kappa shape index (κ2) is 25.2. The van der Waals surface area contributed by atoms with Crippen molar-refractivity contribution in [1.29, 1.82) is 0 Å². The van der Waals surface area contributed by atoms with Crippen LogP contribution in [0.15, 0.2) is 34.5 Å². The van der Waals surface area contributed by atoms with E-state index in [-0.39, 0.29) is 90.5 Å². The summed E-state index contributed by atoms with van der Waals surface area (Å²) in [5.41, 5.74) is 16.3. The van der Waals surface area contributed by atoms with Gasteiger partial charge in [-0.1, -0.05) is 10.2 Å². The van der Waals surface area contributed by atoms with Gasteiger partial charge >= 0.3 is 0 Å². The largest absolute Gasteiger partial charge is 0.381 e. The molecule has 280 valence electrons. The van der Waals surface area contributed by atoms with Crippen molar-refractivity contribution in [2.24, 2.45) is 15.6 Å². The van der Waals surface area contributed by atoms with Crippen LogP contribution in [0.5, 0.6) is 0 Å². The Bertz CT molecular complexity index is 1210. The molecule has 2 aliphatic heterocycles. The third-order valence-corrected chi connectivity index (χ3v) is 7.35. The van der Waals surface area contributed by atoms with E-state index in [1.807, 2.05) is 0 Å². The molecule has 2 aliphatic rings. The molecule has 0 aliphatic carbocycles. The van der Waals surface area contributed by atoms with E-state index in [4.69, 9.17) is 30.0 Å². The zero-order valence-corrected chi connectivity index (χ0v) is 28.6. The number of ether oxygens (including phenoxy) is 4. The standard InChI is InChI=1S/C31H46N10O10/c32-38-36-13-3-19-50-23-31(24-51-20-4-14-37-39-33,21-48-17-1-11-34-25(42)9-15-40-27(44)5-6-28(40)45)22-49-18-2-12-35-26(43)10-16-41-29(46)7-8-30(41)47/h5-8H,1-4,9-24H2,(H,34,42)(H,35,43). The van der Waals surface area contributed by atoms with Gasteiger partial charge in [0, 0.05) is 113 Å². The minimum absolute atomic E-state index is 0.00536. The number of rotatable bonds is 30. The van der Waals surface area contributed by atoms with Gasteiger partial charge in [-0.3, -0.25) is 38.6 Å². The van der Waals surface area contributed by atoms with Gasteiger partial charge in [-0.05, 0) is 36.7 Å². The molecule has 2 heterocycles. The van der Waals surface area contributed by atoms with Crippen molar-refractivity contribution in [3.8, 4) is 0 Å². The molecule has 0 saturated heterocycles. The van der Waals surface area contributed by atoms with E-state index >= 15 is 0 Å². The van der Waals surface area contributed by atoms with Crippen LogP contribution >= 0.6 is 0 Å². The lowest BCUT2D eigenvalue weighted by atomic mass is 9.92. The van der Waals surface area contributed by atoms with Gasteiger partial charge in [0.15, 0.2) is 0 Å². The van der Waals surface area contributed by atoms with Crippen LogP contribution in [0.25, 0.3) is 20.9 Å². The average molecular weight is 719 g/mol. The van der Waals surface area contributed by atoms with Crippen LogP contribution in [0.1, 0.15) is 38.5 Å². The lowest BCUT2D eigenvalue weighted by molar-refractivity contribution is -0.139. The number of carbonyl (C=O) groups is 6. The number of hydrogen-bond acceptors (Lipinski definition) is 12. The average Bonchev–Trinajstić information content (AvgIpc) is 3.62. The Kier molecular flexibility index (Phi) is 20.9. The smallest absolute Gasteiger partial charge is 0.253 e. The molecule has 51 heavy (non-hydrogen) atoms. The Balaban J connectivity index is 1.84. The van der Waals surface area contributed by atoms with E-state index < -0.39 is 29.0 Å². The first-order chi connectivity index (χ1) is 24.7. The van der Waals surface area contributed by atoms with Crippen LogP contribution in [0.3, 0.4) is 0 Å². The van der Waals surface area contributed by atoms with E-state index in [9.17, 15) is 28.8 Å². The highest BCUT2D eigenvalue weighted by molar-refractivity contribution is 6.13. The van der Waals surface area contributed by atoms with Crippen molar-refractivity contribution in [2.75, 3.05) is 92.1 Å². The SMILES string of the molecule is [N-]=[N+]=NCCCOCC(COCCCN=[N+]=[N-])(COCCCNC(=O)CCN1C(=O)C=CC1=O)COCCCNC(=O)CCN1C(=O)C=CC1=O. The van der Waals surface area contributed by atoms with Gasteiger partial charge in [0.1, 0.15) is 0 Å². The molecular formula is C31H46N10O10. The highest BCUT2D eigenvalue weighted by atomic mass is 16.5. The Morgan fingerprint density at radius 2 is 0.941 bits per heavy atom. The number of hydrogen-bond donors (Lipinski definition) is 2. The predicted molar refractivity (Wildman–Crippen MR) is 179 cm³/mol. The summed E-state index contributed by atoms with van der Waals surface area (Å²) in [6.07, 6.45) is 6.58. The third kappa shape index (κ3) is 17.6. The number of nitrogens with one attached hydrogen (secondary N) is 2. The van der Waals surface area contributed by atoms with E-state index in [1.165, 1.54) is 24.3 Å². The molecule has 20 heteroatoms. The third-order valence-electron chi connectivity index (χ3n) is 7.35. The van der Waals surface area contributed by atoms with Crippen LogP contribution in [-0.4, -0.2) is 137 Å². The second-order valence-electron chi connectivity index (χ2n) is 11.6. The molecule has 0 fully saturated rings.